The number of halogens is 2. The van der Waals surface area contributed by atoms with Gasteiger partial charge < -0.3 is 18.9 Å². The molecule has 1 aromatic rings. The van der Waals surface area contributed by atoms with Crippen molar-refractivity contribution in [2.24, 2.45) is 0 Å². The van der Waals surface area contributed by atoms with Crippen LogP contribution < -0.4 is 9.47 Å². The molecule has 0 aromatic heterocycles. The molecule has 1 unspecified atom stereocenters. The van der Waals surface area contributed by atoms with Crippen molar-refractivity contribution in [2.45, 2.75) is 51.6 Å². The first-order valence-corrected chi connectivity index (χ1v) is 8.69. The SMILES string of the molecule is COC(=O)C1CCC(c2ccc3c(c2)OC(F)(F)O3)=CN1C(=O)OC(C)(C)C. The minimum atomic E-state index is -3.71. The molecule has 0 saturated heterocycles. The Balaban J connectivity index is 1.92. The van der Waals surface area contributed by atoms with Gasteiger partial charge in [-0.1, -0.05) is 6.07 Å². The summed E-state index contributed by atoms with van der Waals surface area (Å²) in [5.41, 5.74) is 0.470. The number of alkyl halides is 2. The van der Waals surface area contributed by atoms with E-state index in [0.29, 0.717) is 24.0 Å². The molecule has 3 rings (SSSR count). The van der Waals surface area contributed by atoms with Crippen LogP contribution in [0.1, 0.15) is 39.2 Å². The maximum absolute atomic E-state index is 13.2. The quantitative estimate of drug-likeness (QED) is 0.705. The van der Waals surface area contributed by atoms with E-state index < -0.39 is 30.0 Å². The number of carbonyl (C=O) groups excluding carboxylic acids is 2. The van der Waals surface area contributed by atoms with Crippen LogP contribution in [-0.4, -0.2) is 42.0 Å². The summed E-state index contributed by atoms with van der Waals surface area (Å²) in [6.07, 6.45) is -2.21. The minimum absolute atomic E-state index is 0.0680. The molecule has 28 heavy (non-hydrogen) atoms. The summed E-state index contributed by atoms with van der Waals surface area (Å²) < 4.78 is 45.5. The van der Waals surface area contributed by atoms with Crippen LogP contribution in [0.25, 0.3) is 5.57 Å². The lowest BCUT2D eigenvalue weighted by Gasteiger charge is -2.33. The van der Waals surface area contributed by atoms with Gasteiger partial charge in [0.15, 0.2) is 11.5 Å². The number of carbonyl (C=O) groups is 2. The third-order valence-electron chi connectivity index (χ3n) is 4.17. The molecule has 0 saturated carbocycles. The summed E-state index contributed by atoms with van der Waals surface area (Å²) in [5.74, 6) is -0.726. The molecule has 2 aliphatic heterocycles. The van der Waals surface area contributed by atoms with E-state index >= 15 is 0 Å². The van der Waals surface area contributed by atoms with E-state index in [0.717, 1.165) is 0 Å². The number of hydrogen-bond acceptors (Lipinski definition) is 6. The first-order valence-electron chi connectivity index (χ1n) is 8.69. The van der Waals surface area contributed by atoms with Gasteiger partial charge in [0.1, 0.15) is 11.6 Å². The van der Waals surface area contributed by atoms with Gasteiger partial charge in [0.2, 0.25) is 0 Å². The third-order valence-corrected chi connectivity index (χ3v) is 4.17. The Morgan fingerprint density at radius 2 is 1.89 bits per heavy atom. The van der Waals surface area contributed by atoms with Gasteiger partial charge in [-0.25, -0.2) is 9.59 Å². The first kappa shape index (κ1) is 19.9. The van der Waals surface area contributed by atoms with Gasteiger partial charge in [-0.2, -0.15) is 0 Å². The van der Waals surface area contributed by atoms with Crippen LogP contribution >= 0.6 is 0 Å². The summed E-state index contributed by atoms with van der Waals surface area (Å²) >= 11 is 0. The average Bonchev–Trinajstić information content (AvgIpc) is 2.91. The largest absolute Gasteiger partial charge is 0.586 e. The number of nitrogens with zero attached hydrogens (tertiary/aromatic N) is 1. The van der Waals surface area contributed by atoms with Crippen LogP contribution in [0.15, 0.2) is 24.4 Å². The van der Waals surface area contributed by atoms with Crippen LogP contribution in [0.4, 0.5) is 13.6 Å². The summed E-state index contributed by atoms with van der Waals surface area (Å²) in [6, 6.07) is 3.54. The molecule has 152 valence electrons. The molecule has 2 heterocycles. The highest BCUT2D eigenvalue weighted by Gasteiger charge is 2.43. The molecule has 1 amide bonds. The standard InChI is InChI=1S/C19H21F2NO6/c1-18(2,3)28-17(24)22-10-12(5-7-13(22)16(23)25-4)11-6-8-14-15(9-11)27-19(20,21)26-14/h6,8-10,13H,5,7H2,1-4H3. The number of fused-ring (bicyclic) bond motifs is 1. The van der Waals surface area contributed by atoms with Crippen molar-refractivity contribution in [3.63, 3.8) is 0 Å². The van der Waals surface area contributed by atoms with E-state index in [9.17, 15) is 18.4 Å². The molecular weight excluding hydrogens is 376 g/mol. The highest BCUT2D eigenvalue weighted by molar-refractivity contribution is 5.85. The van der Waals surface area contributed by atoms with Crippen LogP contribution in [-0.2, 0) is 14.3 Å². The third kappa shape index (κ3) is 4.18. The maximum Gasteiger partial charge on any atom is 0.586 e. The highest BCUT2D eigenvalue weighted by atomic mass is 19.3. The molecule has 7 nitrogen and oxygen atoms in total. The zero-order chi connectivity index (χ0) is 20.7. The lowest BCUT2D eigenvalue weighted by molar-refractivity contribution is -0.286. The van der Waals surface area contributed by atoms with E-state index in [2.05, 4.69) is 9.47 Å². The molecule has 0 radical (unpaired) electrons. The molecular formula is C19H21F2NO6. The van der Waals surface area contributed by atoms with Crippen molar-refractivity contribution in [3.05, 3.63) is 30.0 Å². The van der Waals surface area contributed by atoms with Crippen molar-refractivity contribution in [3.8, 4) is 11.5 Å². The predicted molar refractivity (Wildman–Crippen MR) is 93.7 cm³/mol. The smallest absolute Gasteiger partial charge is 0.467 e. The second-order valence-electron chi connectivity index (χ2n) is 7.45. The van der Waals surface area contributed by atoms with Crippen LogP contribution in [0, 0.1) is 0 Å². The number of hydrogen-bond donors (Lipinski definition) is 0. The summed E-state index contributed by atoms with van der Waals surface area (Å²) in [6.45, 7) is 5.14. The monoisotopic (exact) mass is 397 g/mol. The first-order chi connectivity index (χ1) is 13.0. The van der Waals surface area contributed by atoms with E-state index in [1.54, 1.807) is 26.8 Å². The molecule has 0 N–H and O–H groups in total. The molecule has 1 aromatic carbocycles. The van der Waals surface area contributed by atoms with E-state index in [1.165, 1.54) is 30.3 Å². The molecule has 0 spiro atoms. The van der Waals surface area contributed by atoms with Gasteiger partial charge in [0.05, 0.1) is 7.11 Å². The number of esters is 1. The highest BCUT2D eigenvalue weighted by Crippen LogP contribution is 2.43. The van der Waals surface area contributed by atoms with Gasteiger partial charge >= 0.3 is 18.4 Å². The van der Waals surface area contributed by atoms with Crippen molar-refractivity contribution in [1.29, 1.82) is 0 Å². The molecule has 2 aliphatic rings. The summed E-state index contributed by atoms with van der Waals surface area (Å²) in [4.78, 5) is 25.9. The normalized spacial score (nSPS) is 20.4. The fourth-order valence-electron chi connectivity index (χ4n) is 2.98. The van der Waals surface area contributed by atoms with Gasteiger partial charge in [0.25, 0.3) is 0 Å². The van der Waals surface area contributed by atoms with Crippen molar-refractivity contribution in [2.75, 3.05) is 7.11 Å². The Morgan fingerprint density at radius 1 is 1.21 bits per heavy atom. The van der Waals surface area contributed by atoms with Crippen molar-refractivity contribution < 1.29 is 37.3 Å². The van der Waals surface area contributed by atoms with Crippen LogP contribution in [0.5, 0.6) is 11.5 Å². The van der Waals surface area contributed by atoms with Crippen LogP contribution in [0.3, 0.4) is 0 Å². The number of ether oxygens (including phenoxy) is 4. The summed E-state index contributed by atoms with van der Waals surface area (Å²) in [7, 11) is 1.24. The Bertz CT molecular complexity index is 830. The maximum atomic E-state index is 13.2. The number of amides is 1. The number of methoxy groups -OCH3 is 1. The van der Waals surface area contributed by atoms with Crippen LogP contribution in [0.2, 0.25) is 0 Å². The van der Waals surface area contributed by atoms with Crippen molar-refractivity contribution >= 4 is 17.6 Å². The van der Waals surface area contributed by atoms with Gasteiger partial charge in [0, 0.05) is 6.20 Å². The second-order valence-corrected chi connectivity index (χ2v) is 7.45. The fourth-order valence-corrected chi connectivity index (χ4v) is 2.98. The predicted octanol–water partition coefficient (Wildman–Crippen LogP) is 3.92. The number of benzene rings is 1. The number of allylic oxidation sites excluding steroid dienone is 1. The van der Waals surface area contributed by atoms with E-state index in [4.69, 9.17) is 9.47 Å². The van der Waals surface area contributed by atoms with E-state index in [-0.39, 0.29) is 11.5 Å². The second kappa shape index (κ2) is 6.96. The Morgan fingerprint density at radius 3 is 2.54 bits per heavy atom. The number of rotatable bonds is 2. The topological polar surface area (TPSA) is 74.3 Å². The Hall–Kier alpha value is -2.84. The van der Waals surface area contributed by atoms with Gasteiger partial charge in [-0.05, 0) is 56.9 Å². The molecule has 1 atom stereocenters. The molecule has 9 heteroatoms. The molecule has 0 bridgehead atoms. The average molecular weight is 397 g/mol. The van der Waals surface area contributed by atoms with Crippen molar-refractivity contribution in [1.82, 2.24) is 4.90 Å². The lowest BCUT2D eigenvalue weighted by Crippen LogP contribution is -2.46. The Labute approximate surface area is 160 Å². The summed E-state index contributed by atoms with van der Waals surface area (Å²) in [5, 5.41) is 0. The molecule has 0 aliphatic carbocycles. The van der Waals surface area contributed by atoms with Gasteiger partial charge in [-0.3, -0.25) is 4.90 Å². The Kier molecular flexibility index (Phi) is 4.95. The lowest BCUT2D eigenvalue weighted by atomic mass is 9.95. The minimum Gasteiger partial charge on any atom is -0.467 e. The zero-order valence-electron chi connectivity index (χ0n) is 16.0. The van der Waals surface area contributed by atoms with Gasteiger partial charge in [-0.15, -0.1) is 8.78 Å². The molecule has 0 fully saturated rings. The zero-order valence-corrected chi connectivity index (χ0v) is 16.0. The fraction of sp³-hybridized carbons (Fsp3) is 0.474. The van der Waals surface area contributed by atoms with E-state index in [1.807, 2.05) is 0 Å².